The Balaban J connectivity index is 0.00000231. The molecule has 0 spiro atoms. The summed E-state index contributed by atoms with van der Waals surface area (Å²) in [4.78, 5) is 24.8. The molecule has 0 aliphatic carbocycles. The topological polar surface area (TPSA) is 99.6 Å². The van der Waals surface area contributed by atoms with Gasteiger partial charge in [0.1, 0.15) is 10.6 Å². The number of carbonyl (C=O) groups is 1. The second kappa shape index (κ2) is 9.20. The van der Waals surface area contributed by atoms with Crippen LogP contribution in [0.25, 0.3) is 10.2 Å². The van der Waals surface area contributed by atoms with Crippen molar-refractivity contribution in [1.82, 2.24) is 9.97 Å². The van der Waals surface area contributed by atoms with Gasteiger partial charge in [0.25, 0.3) is 0 Å². The van der Waals surface area contributed by atoms with Crippen LogP contribution in [0.5, 0.6) is 11.5 Å². The molecule has 1 N–H and O–H groups in total. The van der Waals surface area contributed by atoms with Crippen LogP contribution in [-0.4, -0.2) is 35.8 Å². The van der Waals surface area contributed by atoms with Crippen molar-refractivity contribution in [2.45, 2.75) is 26.3 Å². The Bertz CT molecular complexity index is 1110. The van der Waals surface area contributed by atoms with E-state index in [1.807, 2.05) is 18.2 Å². The second-order valence-electron chi connectivity index (χ2n) is 7.57. The molecule has 10 heteroatoms. The maximum atomic E-state index is 11.1. The number of ether oxygens (including phenoxy) is 2. The van der Waals surface area contributed by atoms with Gasteiger partial charge in [-0.25, -0.2) is 4.98 Å². The molecule has 2 aliphatic heterocycles. The number of carboxylic acid groups (broad SMARTS) is 1. The maximum Gasteiger partial charge on any atom is 1.00 e. The number of aliphatic carboxylic acids is 1. The Hall–Kier alpha value is -2.07. The second-order valence-corrected chi connectivity index (χ2v) is 8.80. The first-order valence-corrected chi connectivity index (χ1v) is 10.7. The van der Waals surface area contributed by atoms with Gasteiger partial charge in [-0.3, -0.25) is 0 Å². The third-order valence-electron chi connectivity index (χ3n) is 5.51. The van der Waals surface area contributed by atoms with Gasteiger partial charge in [-0.15, -0.1) is 11.3 Å². The zero-order valence-electron chi connectivity index (χ0n) is 17.5. The number of fused-ring (bicyclic) bond motifs is 2. The molecule has 1 fully saturated rings. The van der Waals surface area contributed by atoms with Crippen molar-refractivity contribution in [1.29, 1.82) is 0 Å². The summed E-state index contributed by atoms with van der Waals surface area (Å²) < 4.78 is 10.8. The molecule has 2 aliphatic rings. The van der Waals surface area contributed by atoms with Crippen molar-refractivity contribution >= 4 is 39.3 Å². The largest absolute Gasteiger partial charge is 1.00 e. The number of aryl methyl sites for hydroxylation is 1. The number of hydrogen-bond donors (Lipinski definition) is 1. The Morgan fingerprint density at radius 3 is 2.77 bits per heavy atom. The van der Waals surface area contributed by atoms with Gasteiger partial charge in [0.05, 0.1) is 5.39 Å². The van der Waals surface area contributed by atoms with Crippen molar-refractivity contribution in [3.63, 3.8) is 0 Å². The summed E-state index contributed by atoms with van der Waals surface area (Å²) >= 11 is 1.63. The van der Waals surface area contributed by atoms with Crippen molar-refractivity contribution in [2.24, 2.45) is 5.92 Å². The molecule has 0 radical (unpaired) electrons. The minimum Gasteiger partial charge on any atom is -0.550 e. The van der Waals surface area contributed by atoms with E-state index in [0.717, 1.165) is 33.1 Å². The van der Waals surface area contributed by atoms with Crippen molar-refractivity contribution in [2.75, 3.05) is 30.1 Å². The number of carbonyl (C=O) groups excluding carboxylic acids is 1. The molecule has 156 valence electrons. The molecule has 3 aromatic rings. The number of carboxylic acids is 1. The van der Waals surface area contributed by atoms with Crippen LogP contribution in [-0.2, 0) is 11.3 Å². The first-order valence-electron chi connectivity index (χ1n) is 9.93. The Morgan fingerprint density at radius 2 is 2.00 bits per heavy atom. The fraction of sp³-hybridized carbons (Fsp3) is 0.381. The van der Waals surface area contributed by atoms with Crippen LogP contribution >= 0.6 is 11.3 Å². The van der Waals surface area contributed by atoms with E-state index < -0.39 is 11.9 Å². The molecule has 2 aromatic heterocycles. The standard InChI is InChI=1S/C21H22N4O4S.Na/c1-12-8-15-18(22-10-13-2-3-16-17(9-13)29-11-28-16)23-21(24-19(15)30-12)25-6-4-14(5-7-25)20(26)27;/h2-3,8-9,14H,4-7,10-11H2,1H3,(H,26,27)(H,22,23,24);/q;+1/p-1. The quantitative estimate of drug-likeness (QED) is 0.512. The molecule has 4 heterocycles. The number of anilines is 2. The fourth-order valence-electron chi connectivity index (χ4n) is 3.86. The van der Waals surface area contributed by atoms with Gasteiger partial charge in [0.15, 0.2) is 11.5 Å². The number of rotatable bonds is 5. The number of hydrogen-bond acceptors (Lipinski definition) is 9. The summed E-state index contributed by atoms with van der Waals surface area (Å²) in [5.74, 6) is 1.57. The van der Waals surface area contributed by atoms with Gasteiger partial charge in [0, 0.05) is 36.4 Å². The van der Waals surface area contributed by atoms with Gasteiger partial charge in [-0.05, 0) is 43.5 Å². The molecular formula is C21H21N4NaO4S. The average molecular weight is 448 g/mol. The molecule has 0 amide bonds. The smallest absolute Gasteiger partial charge is 0.550 e. The summed E-state index contributed by atoms with van der Waals surface area (Å²) in [6, 6.07) is 7.98. The van der Waals surface area contributed by atoms with E-state index in [4.69, 9.17) is 19.4 Å². The zero-order valence-corrected chi connectivity index (χ0v) is 20.3. The van der Waals surface area contributed by atoms with E-state index in [1.165, 1.54) is 4.88 Å². The predicted molar refractivity (Wildman–Crippen MR) is 112 cm³/mol. The fourth-order valence-corrected chi connectivity index (χ4v) is 4.73. The van der Waals surface area contributed by atoms with Crippen LogP contribution in [0.1, 0.15) is 23.3 Å². The van der Waals surface area contributed by atoms with E-state index in [9.17, 15) is 9.90 Å². The number of thiophene rings is 1. The summed E-state index contributed by atoms with van der Waals surface area (Å²) in [7, 11) is 0. The number of aromatic nitrogens is 2. The molecule has 5 rings (SSSR count). The Kier molecular flexibility index (Phi) is 6.57. The molecule has 0 unspecified atom stereocenters. The van der Waals surface area contributed by atoms with Gasteiger partial charge in [-0.2, -0.15) is 4.98 Å². The van der Waals surface area contributed by atoms with E-state index in [0.29, 0.717) is 38.4 Å². The number of nitrogens with zero attached hydrogens (tertiary/aromatic N) is 3. The van der Waals surface area contributed by atoms with Crippen molar-refractivity contribution in [3.8, 4) is 11.5 Å². The molecule has 0 atom stereocenters. The van der Waals surface area contributed by atoms with E-state index >= 15 is 0 Å². The molecule has 8 nitrogen and oxygen atoms in total. The minimum atomic E-state index is -0.967. The van der Waals surface area contributed by atoms with Crippen LogP contribution in [0.2, 0.25) is 0 Å². The average Bonchev–Trinajstić information content (AvgIpc) is 3.37. The zero-order chi connectivity index (χ0) is 20.7. The Labute approximate surface area is 205 Å². The van der Waals surface area contributed by atoms with Gasteiger partial charge < -0.3 is 29.6 Å². The molecule has 31 heavy (non-hydrogen) atoms. The van der Waals surface area contributed by atoms with E-state index in [1.54, 1.807) is 11.3 Å². The summed E-state index contributed by atoms with van der Waals surface area (Å²) in [5.41, 5.74) is 1.06. The summed E-state index contributed by atoms with van der Waals surface area (Å²) in [6.07, 6.45) is 1.10. The minimum absolute atomic E-state index is 0. The van der Waals surface area contributed by atoms with Crippen LogP contribution in [0, 0.1) is 12.8 Å². The van der Waals surface area contributed by atoms with Gasteiger partial charge >= 0.3 is 29.6 Å². The normalized spacial score (nSPS) is 15.7. The predicted octanol–water partition coefficient (Wildman–Crippen LogP) is -0.689. The maximum absolute atomic E-state index is 11.1. The molecule has 0 bridgehead atoms. The van der Waals surface area contributed by atoms with Crippen molar-refractivity contribution in [3.05, 3.63) is 34.7 Å². The number of piperidine rings is 1. The third kappa shape index (κ3) is 4.59. The van der Waals surface area contributed by atoms with Crippen molar-refractivity contribution < 1.29 is 48.9 Å². The molecular weight excluding hydrogens is 427 g/mol. The Morgan fingerprint density at radius 1 is 1.23 bits per heavy atom. The molecule has 1 aromatic carbocycles. The van der Waals surface area contributed by atoms with E-state index in [2.05, 4.69) is 23.2 Å². The van der Waals surface area contributed by atoms with Gasteiger partial charge in [0.2, 0.25) is 12.7 Å². The van der Waals surface area contributed by atoms with Gasteiger partial charge in [-0.1, -0.05) is 6.07 Å². The van der Waals surface area contributed by atoms with Crippen LogP contribution in [0.3, 0.4) is 0 Å². The summed E-state index contributed by atoms with van der Waals surface area (Å²) in [6.45, 7) is 4.11. The SMILES string of the molecule is Cc1cc2c(NCc3ccc4c(c3)OCO4)nc(N3CCC(C(=O)[O-])CC3)nc2s1.[Na+]. The number of benzene rings is 1. The van der Waals surface area contributed by atoms with Crippen LogP contribution in [0.15, 0.2) is 24.3 Å². The molecule has 1 saturated heterocycles. The van der Waals surface area contributed by atoms with Crippen LogP contribution < -0.4 is 54.4 Å². The first-order chi connectivity index (χ1) is 14.6. The van der Waals surface area contributed by atoms with Crippen LogP contribution in [0.4, 0.5) is 11.8 Å². The summed E-state index contributed by atoms with van der Waals surface area (Å²) in [5, 5.41) is 15.6. The first kappa shape index (κ1) is 22.1. The number of nitrogens with one attached hydrogen (secondary N) is 1. The third-order valence-corrected chi connectivity index (χ3v) is 6.46. The monoisotopic (exact) mass is 448 g/mol. The molecule has 0 saturated carbocycles. The van der Waals surface area contributed by atoms with E-state index in [-0.39, 0.29) is 36.4 Å².